The number of ether oxygens (including phenoxy) is 1. The van der Waals surface area contributed by atoms with Crippen LogP contribution in [0.25, 0.3) is 0 Å². The summed E-state index contributed by atoms with van der Waals surface area (Å²) in [5.74, 6) is 0.419. The van der Waals surface area contributed by atoms with Gasteiger partial charge >= 0.3 is 0 Å². The van der Waals surface area contributed by atoms with Crippen molar-refractivity contribution in [2.24, 2.45) is 5.73 Å². The van der Waals surface area contributed by atoms with Crippen LogP contribution in [0.4, 0.5) is 5.69 Å². The van der Waals surface area contributed by atoms with Crippen molar-refractivity contribution in [3.8, 4) is 5.75 Å². The van der Waals surface area contributed by atoms with Gasteiger partial charge in [0.05, 0.1) is 13.0 Å². The van der Waals surface area contributed by atoms with E-state index in [4.69, 9.17) is 10.5 Å². The third-order valence-corrected chi connectivity index (χ3v) is 3.47. The summed E-state index contributed by atoms with van der Waals surface area (Å²) in [6.07, 6.45) is 2.69. The van der Waals surface area contributed by atoms with Crippen LogP contribution in [0.1, 0.15) is 19.3 Å². The van der Waals surface area contributed by atoms with E-state index in [1.54, 1.807) is 0 Å². The third kappa shape index (κ3) is 4.74. The van der Waals surface area contributed by atoms with E-state index < -0.39 is 0 Å². The summed E-state index contributed by atoms with van der Waals surface area (Å²) in [6, 6.07) is 8.35. The molecule has 1 unspecified atom stereocenters. The van der Waals surface area contributed by atoms with E-state index in [-0.39, 0.29) is 12.3 Å². The standard InChI is InChI=1S/C15H23N3O2/c1-18-9-2-3-13(11-18)17-12-4-6-14(7-5-12)20-10-8-15(16)19/h4-7,13,17H,2-3,8-11H2,1H3,(H2,16,19). The maximum atomic E-state index is 10.6. The minimum atomic E-state index is -0.343. The Bertz CT molecular complexity index is 433. The summed E-state index contributed by atoms with van der Waals surface area (Å²) in [6.45, 7) is 2.59. The van der Waals surface area contributed by atoms with E-state index >= 15 is 0 Å². The number of nitrogens with one attached hydrogen (secondary N) is 1. The number of nitrogens with zero attached hydrogens (tertiary/aromatic N) is 1. The van der Waals surface area contributed by atoms with Crippen molar-refractivity contribution in [1.29, 1.82) is 0 Å². The fraction of sp³-hybridized carbons (Fsp3) is 0.533. The van der Waals surface area contributed by atoms with Gasteiger partial charge in [0.25, 0.3) is 0 Å². The second-order valence-electron chi connectivity index (χ2n) is 5.33. The Kier molecular flexibility index (Phi) is 5.24. The lowest BCUT2D eigenvalue weighted by Crippen LogP contribution is -2.39. The molecule has 1 saturated heterocycles. The summed E-state index contributed by atoms with van der Waals surface area (Å²) >= 11 is 0. The Hall–Kier alpha value is -1.75. The topological polar surface area (TPSA) is 67.6 Å². The number of anilines is 1. The van der Waals surface area contributed by atoms with Crippen molar-refractivity contribution >= 4 is 11.6 Å². The van der Waals surface area contributed by atoms with Gasteiger partial charge in [0, 0.05) is 18.3 Å². The Balaban J connectivity index is 1.80. The normalized spacial score (nSPS) is 19.6. The van der Waals surface area contributed by atoms with E-state index in [2.05, 4.69) is 17.3 Å². The number of primary amides is 1. The van der Waals surface area contributed by atoms with E-state index in [9.17, 15) is 4.79 Å². The molecule has 0 saturated carbocycles. The maximum Gasteiger partial charge on any atom is 0.220 e. The van der Waals surface area contributed by atoms with Gasteiger partial charge in [-0.15, -0.1) is 0 Å². The van der Waals surface area contributed by atoms with Gasteiger partial charge in [-0.1, -0.05) is 0 Å². The molecule has 3 N–H and O–H groups in total. The second-order valence-corrected chi connectivity index (χ2v) is 5.33. The number of hydrogen-bond donors (Lipinski definition) is 2. The monoisotopic (exact) mass is 277 g/mol. The first kappa shape index (κ1) is 14.7. The van der Waals surface area contributed by atoms with Crippen molar-refractivity contribution in [3.05, 3.63) is 24.3 Å². The predicted octanol–water partition coefficient (Wildman–Crippen LogP) is 1.45. The van der Waals surface area contributed by atoms with Crippen LogP contribution < -0.4 is 15.8 Å². The van der Waals surface area contributed by atoms with Gasteiger partial charge in [0.15, 0.2) is 0 Å². The quantitative estimate of drug-likeness (QED) is 0.826. The fourth-order valence-electron chi connectivity index (χ4n) is 2.44. The van der Waals surface area contributed by atoms with Crippen LogP contribution >= 0.6 is 0 Å². The molecule has 2 rings (SSSR count). The highest BCUT2D eigenvalue weighted by Crippen LogP contribution is 2.19. The molecule has 5 nitrogen and oxygen atoms in total. The Morgan fingerprint density at radius 2 is 2.20 bits per heavy atom. The van der Waals surface area contributed by atoms with Crippen LogP contribution in [0.3, 0.4) is 0 Å². The minimum absolute atomic E-state index is 0.244. The number of carbonyl (C=O) groups excluding carboxylic acids is 1. The van der Waals surface area contributed by atoms with Gasteiger partial charge in [-0.2, -0.15) is 0 Å². The molecule has 0 aliphatic carbocycles. The SMILES string of the molecule is CN1CCCC(Nc2ccc(OCCC(N)=O)cc2)C1. The number of hydrogen-bond acceptors (Lipinski definition) is 4. The number of piperidine rings is 1. The lowest BCUT2D eigenvalue weighted by atomic mass is 10.1. The van der Waals surface area contributed by atoms with Crippen LogP contribution in [0.2, 0.25) is 0 Å². The number of likely N-dealkylation sites (tertiary alicyclic amines) is 1. The van der Waals surface area contributed by atoms with Crippen molar-refractivity contribution < 1.29 is 9.53 Å². The highest BCUT2D eigenvalue weighted by Gasteiger charge is 2.16. The molecule has 1 aromatic carbocycles. The average Bonchev–Trinajstić information content (AvgIpc) is 2.40. The zero-order valence-corrected chi connectivity index (χ0v) is 12.0. The molecule has 1 heterocycles. The molecule has 1 amide bonds. The zero-order chi connectivity index (χ0) is 14.4. The number of likely N-dealkylation sites (N-methyl/N-ethyl adjacent to an activating group) is 1. The maximum absolute atomic E-state index is 10.6. The predicted molar refractivity (Wildman–Crippen MR) is 79.9 cm³/mol. The molecule has 20 heavy (non-hydrogen) atoms. The number of benzene rings is 1. The summed E-state index contributed by atoms with van der Waals surface area (Å²) in [5, 5.41) is 3.54. The highest BCUT2D eigenvalue weighted by molar-refractivity contribution is 5.73. The second kappa shape index (κ2) is 7.14. The molecule has 1 aliphatic rings. The molecule has 1 fully saturated rings. The van der Waals surface area contributed by atoms with Gasteiger partial charge in [-0.25, -0.2) is 0 Å². The minimum Gasteiger partial charge on any atom is -0.493 e. The van der Waals surface area contributed by atoms with Gasteiger partial charge in [0.1, 0.15) is 5.75 Å². The smallest absolute Gasteiger partial charge is 0.220 e. The molecule has 1 atom stereocenters. The van der Waals surface area contributed by atoms with Gasteiger partial charge in [-0.3, -0.25) is 4.79 Å². The van der Waals surface area contributed by atoms with Crippen molar-refractivity contribution in [2.75, 3.05) is 32.1 Å². The fourth-order valence-corrected chi connectivity index (χ4v) is 2.44. The Morgan fingerprint density at radius 3 is 2.85 bits per heavy atom. The first-order valence-electron chi connectivity index (χ1n) is 7.10. The lowest BCUT2D eigenvalue weighted by Gasteiger charge is -2.30. The lowest BCUT2D eigenvalue weighted by molar-refractivity contribution is -0.118. The van der Waals surface area contributed by atoms with Crippen LogP contribution in [0.5, 0.6) is 5.75 Å². The molecular weight excluding hydrogens is 254 g/mol. The first-order chi connectivity index (χ1) is 9.63. The number of amides is 1. The van der Waals surface area contributed by atoms with Crippen molar-refractivity contribution in [3.63, 3.8) is 0 Å². The van der Waals surface area contributed by atoms with Gasteiger partial charge < -0.3 is 20.7 Å². The van der Waals surface area contributed by atoms with Crippen LogP contribution in [-0.4, -0.2) is 43.6 Å². The summed E-state index contributed by atoms with van der Waals surface area (Å²) in [5.41, 5.74) is 6.17. The van der Waals surface area contributed by atoms with Crippen LogP contribution in [-0.2, 0) is 4.79 Å². The van der Waals surface area contributed by atoms with Gasteiger partial charge in [-0.05, 0) is 50.7 Å². The van der Waals surface area contributed by atoms with E-state index in [0.717, 1.165) is 18.0 Å². The highest BCUT2D eigenvalue weighted by atomic mass is 16.5. The number of rotatable bonds is 6. The molecular formula is C15H23N3O2. The van der Waals surface area contributed by atoms with Crippen LogP contribution in [0.15, 0.2) is 24.3 Å². The summed E-state index contributed by atoms with van der Waals surface area (Å²) < 4.78 is 5.44. The molecule has 0 spiro atoms. The Morgan fingerprint density at radius 1 is 1.45 bits per heavy atom. The van der Waals surface area contributed by atoms with Crippen molar-refractivity contribution in [1.82, 2.24) is 4.90 Å². The number of nitrogens with two attached hydrogens (primary N) is 1. The van der Waals surface area contributed by atoms with E-state index in [0.29, 0.717) is 12.6 Å². The first-order valence-corrected chi connectivity index (χ1v) is 7.10. The molecule has 5 heteroatoms. The van der Waals surface area contributed by atoms with E-state index in [1.807, 2.05) is 24.3 Å². The zero-order valence-electron chi connectivity index (χ0n) is 12.0. The molecule has 0 radical (unpaired) electrons. The van der Waals surface area contributed by atoms with E-state index in [1.165, 1.54) is 19.4 Å². The molecule has 1 aromatic rings. The molecule has 1 aliphatic heterocycles. The summed E-state index contributed by atoms with van der Waals surface area (Å²) in [4.78, 5) is 13.0. The van der Waals surface area contributed by atoms with Gasteiger partial charge in [0.2, 0.25) is 5.91 Å². The Labute approximate surface area is 120 Å². The van der Waals surface area contributed by atoms with Crippen molar-refractivity contribution in [2.45, 2.75) is 25.3 Å². The number of carbonyl (C=O) groups is 1. The average molecular weight is 277 g/mol. The third-order valence-electron chi connectivity index (χ3n) is 3.47. The largest absolute Gasteiger partial charge is 0.493 e. The summed E-state index contributed by atoms with van der Waals surface area (Å²) in [7, 11) is 2.16. The van der Waals surface area contributed by atoms with Crippen LogP contribution in [0, 0.1) is 0 Å². The molecule has 0 aromatic heterocycles. The molecule has 0 bridgehead atoms. The molecule has 110 valence electrons.